The van der Waals surface area contributed by atoms with Gasteiger partial charge in [0.05, 0.1) is 91.9 Å². The number of ether oxygens (including phenoxy) is 8. The summed E-state index contributed by atoms with van der Waals surface area (Å²) >= 11 is 0. The van der Waals surface area contributed by atoms with E-state index in [4.69, 9.17) is 72.0 Å². The van der Waals surface area contributed by atoms with Crippen LogP contribution in [0.5, 0.6) is 40.2 Å². The number of rotatable bonds is 17. The predicted molar refractivity (Wildman–Crippen MR) is 528 cm³/mol. The standard InChI is InChI=1S/C30H46N5O6PSi.C21H29N3O5Si.C15H15N3O6.C15H17N3O5.C7H18Si.3CH4O.2CH4/c1-19(2)35(20(3)4)42(37-17-13-16-31)40-25-21(5)38-28(26(25)41-43(9,10)30(6,7)8)34-18-24-27(33-29(34)36)32-22-14-11-12-15-23(22)39-24;1-12-16(25)17(29-30(5,6)21(2,3)4)19(27-12)24-11-15-18(23-20(24)26)22-13-9-7-8-10-14(13)28-15;19-6-10-11(20)12(21)14(24-10)18-5-9-13(17-15(18)22)16-7-3-1-2-4-8(7)23-9;1-7-11(19)12(20)14(22-7)18-6-10-13(17-15(18)21)16-8-4-2-3-5-9(8)23-10;1-7(2,3)8(4,5)6;3*1-2;;/h11-12,14-15,18-21,25-26,28H,13,17H2,1-10H3,(H,32,33,36);7-12,16-17,19,25H,1-6H3,(H,22,23,26);1-5,10-12,14,19-21H,6H2,(H,16,17,22);2-9,11-12,14,19-20H,1H3,(H,16,17,21);1-6H3;3*2H,1H3;2*1H4/t21-,25+,26?,28-,42?;12-,16+,17?,19-;10-,11+,12?,14-;7-,8?,9?,11+,12?,14-;;;;;;/m1111....../s1/i5D;1D;;1D;;3*2T;1T;1D. The maximum atomic E-state index is 13.6. The molecule has 7 aromatic rings. The number of fused-ring (bicyclic) bond motifs is 8. The van der Waals surface area contributed by atoms with Crippen LogP contribution in [0.15, 0.2) is 141 Å². The summed E-state index contributed by atoms with van der Waals surface area (Å²) in [5, 5.41) is 92.3. The van der Waals surface area contributed by atoms with Crippen LogP contribution in [0.2, 0.25) is 60.9 Å². The maximum absolute atomic E-state index is 13.6. The zero-order chi connectivity index (χ0) is 108. The van der Waals surface area contributed by atoms with Crippen LogP contribution in [0.3, 0.4) is 0 Å². The van der Waals surface area contributed by atoms with E-state index in [0.717, 1.165) is 14.8 Å². The molecule has 8 aliphatic heterocycles. The number of anilines is 7. The molecule has 3 aromatic carbocycles. The predicted octanol–water partition coefficient (Wildman–Crippen LogP) is 13.3. The highest BCUT2D eigenvalue weighted by Crippen LogP contribution is 2.54. The second-order valence-corrected chi connectivity index (χ2v) is 54.9. The SMILES string of the molecule is CC(C)(C)[Si](C)(C)C.O=c1nc2c(cn1[C@@H]1O[C@H](CO)[C@H](O)C1O)Oc1ccccc1N2.[2H]C.[2H]C[C@H]1O[C@@H](n2cc3c(nc2=O)NC2C=CC=CC2O3)C(O)[C@H]1O.[2H]C[C@H]1O[C@@H](n2cc3c(nc2=O)Nc2ccccc2O3)C(O[Si](C)(C)C(C)(C)C)[C@H]1O.[2H]C[C@H]1O[C@@H](n2cc3c(nc2=O)Nc2ccccc2O3)C(O[Si](C)(C)C(C)(C)C)[C@H]1OP(OCCC#N)N(C(C)C)C(C)C.[3H]C.[3H]OC.[3H]OC.[3H]OC. The molecule has 9 aliphatic rings. The minimum absolute atomic E-state index is 0.0792. The molecular weight excluding hydrogens is 1830 g/mol. The van der Waals surface area contributed by atoms with E-state index in [1.165, 1.54) is 63.9 Å². The van der Waals surface area contributed by atoms with Crippen molar-refractivity contribution in [3.05, 3.63) is 164 Å². The minimum atomic E-state index is -2.47. The average molecular weight is 1990 g/mol. The van der Waals surface area contributed by atoms with Crippen molar-refractivity contribution in [2.45, 2.75) is 315 Å². The Bertz CT molecular complexity index is 5600. The smallest absolute Gasteiger partial charge is 0.351 e. The first-order valence-electron chi connectivity index (χ1n) is 49.2. The van der Waals surface area contributed by atoms with Gasteiger partial charge in [0.25, 0.3) is 8.53 Å². The third-order valence-electron chi connectivity index (χ3n) is 24.6. The number of nitrogens with zero attached hydrogens (tertiary/aromatic N) is 10. The summed E-state index contributed by atoms with van der Waals surface area (Å²) in [7, 11) is -0.923. The van der Waals surface area contributed by atoms with E-state index in [9.17, 15) is 50.0 Å². The van der Waals surface area contributed by atoms with Crippen LogP contribution in [-0.4, -0.2) is 250 Å². The van der Waals surface area contributed by atoms with Crippen LogP contribution in [0.4, 0.5) is 40.3 Å². The van der Waals surface area contributed by atoms with Gasteiger partial charge in [0.1, 0.15) is 61.0 Å². The lowest BCUT2D eigenvalue weighted by Crippen LogP contribution is -2.50. The van der Waals surface area contributed by atoms with Gasteiger partial charge in [-0.1, -0.05) is 151 Å². The fourth-order valence-corrected chi connectivity index (χ4v) is 18.2. The van der Waals surface area contributed by atoms with Gasteiger partial charge in [-0.3, -0.25) is 18.3 Å². The monoisotopic (exact) mass is 1990 g/mol. The first kappa shape index (κ1) is 101. The Morgan fingerprint density at radius 1 is 0.529 bits per heavy atom. The Morgan fingerprint density at radius 3 is 1.29 bits per heavy atom. The van der Waals surface area contributed by atoms with E-state index in [2.05, 4.69) is 203 Å². The number of hydrogen-bond acceptors (Lipinski definition) is 35. The molecule has 136 heavy (non-hydrogen) atoms. The van der Waals surface area contributed by atoms with Crippen LogP contribution in [0.25, 0.3) is 0 Å². The van der Waals surface area contributed by atoms with Crippen molar-refractivity contribution in [3.63, 3.8) is 0 Å². The molecule has 0 saturated carbocycles. The zero-order valence-corrected chi connectivity index (χ0v) is 86.1. The van der Waals surface area contributed by atoms with Crippen molar-refractivity contribution < 1.29 is 109 Å². The molecule has 7 unspecified atom stereocenters. The van der Waals surface area contributed by atoms with Gasteiger partial charge in [-0.05, 0) is 132 Å². The normalized spacial score (nSPS) is 25.8. The van der Waals surface area contributed by atoms with E-state index in [0.29, 0.717) is 68.4 Å². The molecule has 4 fully saturated rings. The van der Waals surface area contributed by atoms with Crippen LogP contribution in [-0.2, 0) is 36.8 Å². The number of nitrogens with one attached hydrogen (secondary N) is 4. The molecule has 39 nitrogen and oxygen atoms in total. The number of para-hydroxylation sites is 6. The number of aliphatic hydroxyl groups is 9. The Balaban J connectivity index is 0.000000249. The quantitative estimate of drug-likeness (QED) is 0.0229. The lowest BCUT2D eigenvalue weighted by atomic mass is 10.0. The molecule has 12 heterocycles. The molecule has 43 heteroatoms. The lowest BCUT2D eigenvalue weighted by Gasteiger charge is -2.42. The van der Waals surface area contributed by atoms with E-state index in [1.807, 2.05) is 78.9 Å². The average Bonchev–Trinajstić information content (AvgIpc) is 1.58. The van der Waals surface area contributed by atoms with Gasteiger partial charge in [-0.25, -0.2) is 23.8 Å². The highest BCUT2D eigenvalue weighted by Gasteiger charge is 2.55. The van der Waals surface area contributed by atoms with Crippen LogP contribution in [0.1, 0.15) is 164 Å². The van der Waals surface area contributed by atoms with Gasteiger partial charge in [0.15, 0.2) is 105 Å². The van der Waals surface area contributed by atoms with Crippen molar-refractivity contribution in [1.29, 1.82) is 9.56 Å². The number of hydrogen-bond donors (Lipinski definition) is 13. The van der Waals surface area contributed by atoms with E-state index >= 15 is 0 Å². The molecule has 0 bridgehead atoms. The number of nitriles is 1. The molecule has 0 radical (unpaired) electrons. The molecule has 0 amide bonds. The van der Waals surface area contributed by atoms with E-state index < -0.39 is 161 Å². The number of aromatic nitrogens is 8. The van der Waals surface area contributed by atoms with Gasteiger partial charge in [-0.15, -0.1) is 0 Å². The van der Waals surface area contributed by atoms with Crippen LogP contribution in [0, 0.1) is 11.3 Å². The first-order valence-corrected chi connectivity index (χ1v) is 54.3. The topological polar surface area (TPSA) is 508 Å². The fourth-order valence-electron chi connectivity index (χ4n) is 13.8. The molecule has 19 atom stereocenters. The number of aliphatic hydroxyl groups excluding tert-OH is 9. The summed E-state index contributed by atoms with van der Waals surface area (Å²) in [6.45, 7) is 42.9. The fraction of sp³-hybridized carbons (Fsp3) is 0.581. The first-order chi connectivity index (χ1) is 67.8. The molecule has 1 aliphatic carbocycles. The summed E-state index contributed by atoms with van der Waals surface area (Å²) in [4.78, 5) is 67.3. The highest BCUT2D eigenvalue weighted by atomic mass is 31.2. The third-order valence-corrected chi connectivity index (χ3v) is 40.1. The summed E-state index contributed by atoms with van der Waals surface area (Å²) in [6, 6.07) is 24.2. The van der Waals surface area contributed by atoms with Gasteiger partial charge < -0.3 is 123 Å². The number of allylic oxidation sites excluding steroid dienone is 2. The Morgan fingerprint density at radius 2 is 0.897 bits per heavy atom. The largest absolute Gasteiger partial charge is 0.478 e. The van der Waals surface area contributed by atoms with Crippen molar-refractivity contribution >= 4 is 73.6 Å². The van der Waals surface area contributed by atoms with Gasteiger partial charge in [0, 0.05) is 48.3 Å². The Kier molecular flexibility index (Phi) is 35.6. The summed E-state index contributed by atoms with van der Waals surface area (Å²) < 4.78 is 132. The Labute approximate surface area is 812 Å². The molecular formula is C93H145N14O25PSi3. The summed E-state index contributed by atoms with van der Waals surface area (Å²) in [5.41, 5.74) is -0.298. The van der Waals surface area contributed by atoms with Crippen LogP contribution < -0.4 is 63.0 Å². The van der Waals surface area contributed by atoms with Gasteiger partial charge in [0.2, 0.25) is 4.29 Å². The lowest BCUT2D eigenvalue weighted by molar-refractivity contribution is -0.0551. The van der Waals surface area contributed by atoms with Crippen molar-refractivity contribution in [2.24, 2.45) is 0 Å². The second kappa shape index (κ2) is 47.7. The molecule has 16 rings (SSSR count). The molecule has 0 spiro atoms. The summed E-state index contributed by atoms with van der Waals surface area (Å²) in [6.07, 6.45) is -2.54. The zero-order valence-electron chi connectivity index (χ0n) is 90.2. The third kappa shape index (κ3) is 26.1. The minimum Gasteiger partial charge on any atom is -0.478 e. The van der Waals surface area contributed by atoms with Crippen molar-refractivity contribution in [3.8, 4) is 46.3 Å². The van der Waals surface area contributed by atoms with Gasteiger partial charge in [-0.2, -0.15) is 25.2 Å². The van der Waals surface area contributed by atoms with Crippen molar-refractivity contribution in [2.75, 3.05) is 55.8 Å². The van der Waals surface area contributed by atoms with Crippen molar-refractivity contribution in [1.82, 2.24) is 42.9 Å². The van der Waals surface area contributed by atoms with Crippen LogP contribution >= 0.6 is 8.53 Å². The Hall–Kier alpha value is -9.09. The molecule has 4 saturated heterocycles. The maximum Gasteiger partial charge on any atom is 0.351 e. The summed E-state index contributed by atoms with van der Waals surface area (Å²) in [5.74, 6) is 4.39. The molecule has 754 valence electrons. The van der Waals surface area contributed by atoms with E-state index in [1.54, 1.807) is 24.4 Å². The molecule has 4 aromatic heterocycles. The van der Waals surface area contributed by atoms with Gasteiger partial charge >= 0.3 is 22.8 Å². The highest BCUT2D eigenvalue weighted by molar-refractivity contribution is 7.44. The second-order valence-electron chi connectivity index (χ2n) is 38.0. The van der Waals surface area contributed by atoms with E-state index in [-0.39, 0.29) is 79.6 Å². The molecule has 13 N–H and O–H groups in total. The number of benzene rings is 3.